The molecule has 2 unspecified atom stereocenters. The molecule has 0 aliphatic heterocycles. The molecule has 22 heavy (non-hydrogen) atoms. The summed E-state index contributed by atoms with van der Waals surface area (Å²) in [6.07, 6.45) is 5.03. The maximum absolute atomic E-state index is 12.2. The van der Waals surface area contributed by atoms with Crippen molar-refractivity contribution in [2.45, 2.75) is 26.7 Å². The van der Waals surface area contributed by atoms with Crippen LogP contribution in [0, 0.1) is 17.3 Å². The van der Waals surface area contributed by atoms with E-state index in [0.29, 0.717) is 11.7 Å². The molecule has 1 aliphatic carbocycles. The summed E-state index contributed by atoms with van der Waals surface area (Å²) in [7, 11) is 0. The molecule has 0 spiro atoms. The van der Waals surface area contributed by atoms with Crippen LogP contribution >= 0.6 is 34.8 Å². The number of allylic oxidation sites excluding steroid dienone is 1. The van der Waals surface area contributed by atoms with Crippen molar-refractivity contribution >= 4 is 40.7 Å². The quantitative estimate of drug-likeness (QED) is 0.603. The standard InChI is InChI=1S/C16H19Cl3N2O/c1-16(2)11(9-12(17)18)13(16)15(22)21-8-4-6-10-5-3-7-20-14(10)19/h3,5,7,9,11,13H,4,6,8H2,1-2H3,(H,21,22). The molecule has 6 heteroatoms. The summed E-state index contributed by atoms with van der Waals surface area (Å²) in [5.41, 5.74) is 0.908. The fraction of sp³-hybridized carbons (Fsp3) is 0.500. The first kappa shape index (κ1) is 17.6. The van der Waals surface area contributed by atoms with E-state index in [0.717, 1.165) is 18.4 Å². The van der Waals surface area contributed by atoms with Crippen LogP contribution in [-0.2, 0) is 11.2 Å². The first-order valence-corrected chi connectivity index (χ1v) is 8.37. The first-order valence-electron chi connectivity index (χ1n) is 7.24. The van der Waals surface area contributed by atoms with Gasteiger partial charge in [0, 0.05) is 12.7 Å². The fourth-order valence-corrected chi connectivity index (χ4v) is 3.32. The Kier molecular flexibility index (Phi) is 5.76. The molecule has 1 saturated carbocycles. The number of carbonyl (C=O) groups is 1. The van der Waals surface area contributed by atoms with Crippen molar-refractivity contribution < 1.29 is 4.79 Å². The lowest BCUT2D eigenvalue weighted by atomic mass is 10.1. The largest absolute Gasteiger partial charge is 0.356 e. The Labute approximate surface area is 146 Å². The number of amides is 1. The molecule has 120 valence electrons. The molecule has 0 saturated heterocycles. The lowest BCUT2D eigenvalue weighted by molar-refractivity contribution is -0.123. The molecule has 1 aromatic rings. The normalized spacial score (nSPS) is 22.0. The van der Waals surface area contributed by atoms with Gasteiger partial charge in [-0.25, -0.2) is 4.98 Å². The van der Waals surface area contributed by atoms with E-state index in [2.05, 4.69) is 10.3 Å². The summed E-state index contributed by atoms with van der Waals surface area (Å²) in [5, 5.41) is 3.50. The van der Waals surface area contributed by atoms with Gasteiger partial charge >= 0.3 is 0 Å². The Morgan fingerprint density at radius 2 is 2.18 bits per heavy atom. The zero-order valence-corrected chi connectivity index (χ0v) is 14.8. The van der Waals surface area contributed by atoms with E-state index in [1.54, 1.807) is 12.3 Å². The van der Waals surface area contributed by atoms with Crippen LogP contribution in [0.25, 0.3) is 0 Å². The van der Waals surface area contributed by atoms with E-state index in [9.17, 15) is 4.79 Å². The number of pyridine rings is 1. The van der Waals surface area contributed by atoms with Crippen LogP contribution in [0.5, 0.6) is 0 Å². The number of hydrogen-bond acceptors (Lipinski definition) is 2. The van der Waals surface area contributed by atoms with Gasteiger partial charge in [-0.1, -0.05) is 54.7 Å². The van der Waals surface area contributed by atoms with E-state index < -0.39 is 0 Å². The maximum atomic E-state index is 12.2. The number of nitrogens with zero attached hydrogens (tertiary/aromatic N) is 1. The van der Waals surface area contributed by atoms with Gasteiger partial charge in [-0.15, -0.1) is 0 Å². The molecule has 1 amide bonds. The van der Waals surface area contributed by atoms with Crippen LogP contribution in [0.1, 0.15) is 25.8 Å². The zero-order valence-electron chi connectivity index (χ0n) is 12.6. The average molecular weight is 362 g/mol. The van der Waals surface area contributed by atoms with Gasteiger partial charge in [-0.3, -0.25) is 4.79 Å². The van der Waals surface area contributed by atoms with Crippen molar-refractivity contribution in [3.05, 3.63) is 39.6 Å². The first-order chi connectivity index (χ1) is 10.3. The van der Waals surface area contributed by atoms with E-state index in [1.807, 2.05) is 26.0 Å². The molecule has 1 heterocycles. The second kappa shape index (κ2) is 7.20. The minimum atomic E-state index is -0.0915. The van der Waals surface area contributed by atoms with Crippen LogP contribution in [0.4, 0.5) is 0 Å². The summed E-state index contributed by atoms with van der Waals surface area (Å²) >= 11 is 17.4. The fourth-order valence-electron chi connectivity index (χ4n) is 2.83. The minimum absolute atomic E-state index is 0.0538. The van der Waals surface area contributed by atoms with Crippen LogP contribution in [-0.4, -0.2) is 17.4 Å². The highest BCUT2D eigenvalue weighted by Gasteiger charge is 2.60. The molecule has 0 radical (unpaired) electrons. The van der Waals surface area contributed by atoms with Crippen LogP contribution in [0.3, 0.4) is 0 Å². The topological polar surface area (TPSA) is 42.0 Å². The molecule has 2 rings (SSSR count). The van der Waals surface area contributed by atoms with Gasteiger partial charge in [0.15, 0.2) is 0 Å². The van der Waals surface area contributed by atoms with Gasteiger partial charge in [-0.05, 0) is 41.9 Å². The van der Waals surface area contributed by atoms with Crippen LogP contribution in [0.2, 0.25) is 5.15 Å². The lowest BCUT2D eigenvalue weighted by Gasteiger charge is -2.07. The van der Waals surface area contributed by atoms with E-state index >= 15 is 0 Å². The minimum Gasteiger partial charge on any atom is -0.356 e. The van der Waals surface area contributed by atoms with Gasteiger partial charge in [0.2, 0.25) is 5.91 Å². The summed E-state index contributed by atoms with van der Waals surface area (Å²) < 4.78 is 0.222. The molecule has 2 atom stereocenters. The zero-order chi connectivity index (χ0) is 16.3. The van der Waals surface area contributed by atoms with Crippen molar-refractivity contribution in [1.29, 1.82) is 0 Å². The highest BCUT2D eigenvalue weighted by atomic mass is 35.5. The van der Waals surface area contributed by atoms with Gasteiger partial charge in [0.05, 0.1) is 5.92 Å². The molecule has 1 aliphatic rings. The Morgan fingerprint density at radius 3 is 2.82 bits per heavy atom. The van der Waals surface area contributed by atoms with E-state index in [4.69, 9.17) is 34.8 Å². The van der Waals surface area contributed by atoms with Crippen molar-refractivity contribution in [1.82, 2.24) is 10.3 Å². The van der Waals surface area contributed by atoms with E-state index in [1.165, 1.54) is 0 Å². The van der Waals surface area contributed by atoms with Crippen LogP contribution < -0.4 is 5.32 Å². The second-order valence-corrected chi connectivity index (χ2v) is 7.49. The number of rotatable bonds is 6. The monoisotopic (exact) mass is 360 g/mol. The third-order valence-electron chi connectivity index (χ3n) is 4.26. The predicted molar refractivity (Wildman–Crippen MR) is 91.1 cm³/mol. The Hall–Kier alpha value is -0.770. The number of aromatic nitrogens is 1. The van der Waals surface area contributed by atoms with Gasteiger partial charge in [0.1, 0.15) is 9.64 Å². The van der Waals surface area contributed by atoms with Crippen molar-refractivity contribution in [3.8, 4) is 0 Å². The smallest absolute Gasteiger partial charge is 0.224 e. The molecule has 1 aromatic heterocycles. The van der Waals surface area contributed by atoms with Crippen molar-refractivity contribution in [2.24, 2.45) is 17.3 Å². The molecule has 1 N–H and O–H groups in total. The number of hydrogen-bond donors (Lipinski definition) is 1. The second-order valence-electron chi connectivity index (χ2n) is 6.13. The highest BCUT2D eigenvalue weighted by molar-refractivity contribution is 6.55. The number of carbonyl (C=O) groups excluding carboxylic acids is 1. The lowest BCUT2D eigenvalue weighted by Crippen LogP contribution is -2.28. The highest BCUT2D eigenvalue weighted by Crippen LogP contribution is 2.59. The number of nitrogens with one attached hydrogen (secondary N) is 1. The number of aryl methyl sites for hydroxylation is 1. The summed E-state index contributed by atoms with van der Waals surface area (Å²) in [6.45, 7) is 4.71. The van der Waals surface area contributed by atoms with Crippen LogP contribution in [0.15, 0.2) is 28.9 Å². The molecule has 0 bridgehead atoms. The third-order valence-corrected chi connectivity index (χ3v) is 4.85. The average Bonchev–Trinajstić information content (AvgIpc) is 2.96. The van der Waals surface area contributed by atoms with Gasteiger partial charge < -0.3 is 5.32 Å². The van der Waals surface area contributed by atoms with Gasteiger partial charge in [-0.2, -0.15) is 0 Å². The summed E-state index contributed by atoms with van der Waals surface area (Å²) in [6, 6.07) is 3.81. The molecule has 0 aromatic carbocycles. The molecule has 1 fully saturated rings. The molecular formula is C16H19Cl3N2O. The van der Waals surface area contributed by atoms with Gasteiger partial charge in [0.25, 0.3) is 0 Å². The van der Waals surface area contributed by atoms with Crippen molar-refractivity contribution in [2.75, 3.05) is 6.54 Å². The SMILES string of the molecule is CC1(C)C(C=C(Cl)Cl)C1C(=O)NCCCc1cccnc1Cl. The Bertz CT molecular complexity index is 583. The molecule has 3 nitrogen and oxygen atoms in total. The maximum Gasteiger partial charge on any atom is 0.224 e. The predicted octanol–water partition coefficient (Wildman–Crippen LogP) is 4.38. The third kappa shape index (κ3) is 4.15. The Balaban J connectivity index is 1.77. The van der Waals surface area contributed by atoms with E-state index in [-0.39, 0.29) is 27.6 Å². The summed E-state index contributed by atoms with van der Waals surface area (Å²) in [4.78, 5) is 16.3. The summed E-state index contributed by atoms with van der Waals surface area (Å²) in [5.74, 6) is 0.0883. The van der Waals surface area contributed by atoms with Crippen molar-refractivity contribution in [3.63, 3.8) is 0 Å². The Morgan fingerprint density at radius 1 is 1.45 bits per heavy atom. The number of halogens is 3. The molecular weight excluding hydrogens is 343 g/mol.